The number of pyridine rings is 1. The monoisotopic (exact) mass is 199 g/mol. The van der Waals surface area contributed by atoms with Gasteiger partial charge < -0.3 is 9.47 Å². The number of carbonyl (C=O) groups is 1. The third-order valence-corrected chi connectivity index (χ3v) is 1.73. The highest BCUT2D eigenvalue weighted by molar-refractivity contribution is 5.90. The number of aryl methyl sites for hydroxylation is 1. The van der Waals surface area contributed by atoms with Crippen molar-refractivity contribution in [3.63, 3.8) is 0 Å². The predicted molar refractivity (Wildman–Crippen MR) is 46.8 cm³/mol. The lowest BCUT2D eigenvalue weighted by Crippen LogP contribution is -2.07. The van der Waals surface area contributed by atoms with Gasteiger partial charge in [-0.05, 0) is 13.0 Å². The smallest absolute Gasteiger partial charge is 0.339 e. The maximum absolute atomic E-state index is 13.1. The molecule has 1 aromatic rings. The van der Waals surface area contributed by atoms with E-state index in [1.807, 2.05) is 0 Å². The van der Waals surface area contributed by atoms with E-state index in [1.165, 1.54) is 14.2 Å². The number of halogens is 1. The molecule has 14 heavy (non-hydrogen) atoms. The zero-order valence-corrected chi connectivity index (χ0v) is 8.13. The van der Waals surface area contributed by atoms with Crippen molar-refractivity contribution in [2.24, 2.45) is 0 Å². The molecule has 0 aliphatic carbocycles. The van der Waals surface area contributed by atoms with Crippen molar-refractivity contribution in [3.8, 4) is 5.88 Å². The Balaban J connectivity index is 3.21. The SMILES string of the molecule is COC(=O)c1cc(F)c(OC)nc1C. The molecule has 0 amide bonds. The molecule has 0 saturated heterocycles. The molecule has 0 fully saturated rings. The molecule has 0 aliphatic rings. The summed E-state index contributed by atoms with van der Waals surface area (Å²) < 4.78 is 22.2. The summed E-state index contributed by atoms with van der Waals surface area (Å²) >= 11 is 0. The third-order valence-electron chi connectivity index (χ3n) is 1.73. The van der Waals surface area contributed by atoms with Crippen molar-refractivity contribution < 1.29 is 18.7 Å². The number of hydrogen-bond donors (Lipinski definition) is 0. The number of hydrogen-bond acceptors (Lipinski definition) is 4. The first kappa shape index (κ1) is 10.4. The number of esters is 1. The Bertz CT molecular complexity index is 365. The zero-order chi connectivity index (χ0) is 10.7. The summed E-state index contributed by atoms with van der Waals surface area (Å²) in [7, 11) is 2.53. The van der Waals surface area contributed by atoms with Crippen molar-refractivity contribution in [2.45, 2.75) is 6.92 Å². The molecule has 1 rings (SSSR count). The average Bonchev–Trinajstić information content (AvgIpc) is 2.19. The van der Waals surface area contributed by atoms with Gasteiger partial charge in [0.2, 0.25) is 5.88 Å². The zero-order valence-electron chi connectivity index (χ0n) is 8.13. The summed E-state index contributed by atoms with van der Waals surface area (Å²) in [6.45, 7) is 1.58. The van der Waals surface area contributed by atoms with Crippen LogP contribution in [0.5, 0.6) is 5.88 Å². The van der Waals surface area contributed by atoms with Crippen LogP contribution in [0.25, 0.3) is 0 Å². The predicted octanol–water partition coefficient (Wildman–Crippen LogP) is 1.32. The average molecular weight is 199 g/mol. The Morgan fingerprint density at radius 2 is 2.14 bits per heavy atom. The van der Waals surface area contributed by atoms with Crippen LogP contribution in [0.2, 0.25) is 0 Å². The van der Waals surface area contributed by atoms with Gasteiger partial charge in [0, 0.05) is 0 Å². The van der Waals surface area contributed by atoms with E-state index in [-0.39, 0.29) is 11.4 Å². The van der Waals surface area contributed by atoms with Gasteiger partial charge in [0.1, 0.15) is 0 Å². The molecule has 0 spiro atoms. The van der Waals surface area contributed by atoms with Gasteiger partial charge >= 0.3 is 5.97 Å². The van der Waals surface area contributed by atoms with Crippen LogP contribution in [0, 0.1) is 12.7 Å². The second-order valence-corrected chi connectivity index (χ2v) is 2.60. The Morgan fingerprint density at radius 1 is 1.50 bits per heavy atom. The highest BCUT2D eigenvalue weighted by Gasteiger charge is 2.15. The molecule has 5 heteroatoms. The van der Waals surface area contributed by atoms with Crippen molar-refractivity contribution in [1.82, 2.24) is 4.98 Å². The van der Waals surface area contributed by atoms with Crippen LogP contribution in [0.1, 0.15) is 16.1 Å². The summed E-state index contributed by atoms with van der Waals surface area (Å²) in [6, 6.07) is 1.05. The van der Waals surface area contributed by atoms with E-state index in [2.05, 4.69) is 14.5 Å². The minimum atomic E-state index is -0.682. The molecule has 0 radical (unpaired) electrons. The fraction of sp³-hybridized carbons (Fsp3) is 0.333. The normalized spacial score (nSPS) is 9.71. The van der Waals surface area contributed by atoms with Gasteiger partial charge in [-0.1, -0.05) is 0 Å². The van der Waals surface area contributed by atoms with E-state index < -0.39 is 11.8 Å². The summed E-state index contributed by atoms with van der Waals surface area (Å²) in [5.74, 6) is -1.43. The van der Waals surface area contributed by atoms with Crippen LogP contribution in [0.4, 0.5) is 4.39 Å². The first-order chi connectivity index (χ1) is 6.60. The molecule has 76 valence electrons. The molecule has 0 aliphatic heterocycles. The van der Waals surface area contributed by atoms with E-state index in [9.17, 15) is 9.18 Å². The Labute approximate surface area is 80.7 Å². The molecule has 0 N–H and O–H groups in total. The molecular weight excluding hydrogens is 189 g/mol. The summed E-state index contributed by atoms with van der Waals surface area (Å²) in [5.41, 5.74) is 0.473. The quantitative estimate of drug-likeness (QED) is 0.674. The van der Waals surface area contributed by atoms with Crippen LogP contribution >= 0.6 is 0 Å². The number of nitrogens with zero attached hydrogens (tertiary/aromatic N) is 1. The van der Waals surface area contributed by atoms with Gasteiger partial charge in [-0.3, -0.25) is 0 Å². The fourth-order valence-electron chi connectivity index (χ4n) is 1.02. The lowest BCUT2D eigenvalue weighted by atomic mass is 10.2. The van der Waals surface area contributed by atoms with E-state index in [1.54, 1.807) is 6.92 Å². The molecule has 0 aromatic carbocycles. The van der Waals surface area contributed by atoms with Crippen LogP contribution in [0.15, 0.2) is 6.07 Å². The summed E-state index contributed by atoms with van der Waals surface area (Å²) in [5, 5.41) is 0. The lowest BCUT2D eigenvalue weighted by molar-refractivity contribution is 0.0598. The topological polar surface area (TPSA) is 48.4 Å². The third kappa shape index (κ3) is 1.81. The molecule has 0 saturated carbocycles. The van der Waals surface area contributed by atoms with Gasteiger partial charge in [0.25, 0.3) is 0 Å². The van der Waals surface area contributed by atoms with Crippen molar-refractivity contribution in [1.29, 1.82) is 0 Å². The number of ether oxygens (including phenoxy) is 2. The second kappa shape index (κ2) is 4.04. The number of aromatic nitrogens is 1. The van der Waals surface area contributed by atoms with E-state index >= 15 is 0 Å². The van der Waals surface area contributed by atoms with E-state index in [4.69, 9.17) is 0 Å². The van der Waals surface area contributed by atoms with Crippen molar-refractivity contribution in [3.05, 3.63) is 23.1 Å². The Morgan fingerprint density at radius 3 is 2.64 bits per heavy atom. The standard InChI is InChI=1S/C9H10FNO3/c1-5-6(9(12)14-3)4-7(10)8(11-5)13-2/h4H,1-3H3. The highest BCUT2D eigenvalue weighted by atomic mass is 19.1. The largest absolute Gasteiger partial charge is 0.479 e. The molecular formula is C9H10FNO3. The number of methoxy groups -OCH3 is 2. The maximum Gasteiger partial charge on any atom is 0.339 e. The second-order valence-electron chi connectivity index (χ2n) is 2.60. The Kier molecular flexibility index (Phi) is 3.01. The number of rotatable bonds is 2. The molecule has 0 unspecified atom stereocenters. The summed E-state index contributed by atoms with van der Waals surface area (Å²) in [4.78, 5) is 14.9. The van der Waals surface area contributed by atoms with E-state index in [0.29, 0.717) is 5.69 Å². The number of carbonyl (C=O) groups excluding carboxylic acids is 1. The fourth-order valence-corrected chi connectivity index (χ4v) is 1.02. The molecule has 0 atom stereocenters. The van der Waals surface area contributed by atoms with Crippen LogP contribution < -0.4 is 4.74 Å². The maximum atomic E-state index is 13.1. The first-order valence-electron chi connectivity index (χ1n) is 3.89. The molecule has 1 aromatic heterocycles. The molecule has 4 nitrogen and oxygen atoms in total. The van der Waals surface area contributed by atoms with Crippen LogP contribution in [-0.4, -0.2) is 25.2 Å². The Hall–Kier alpha value is -1.65. The molecule has 1 heterocycles. The van der Waals surface area contributed by atoms with Gasteiger partial charge in [-0.15, -0.1) is 0 Å². The van der Waals surface area contributed by atoms with Gasteiger partial charge in [0.05, 0.1) is 25.5 Å². The van der Waals surface area contributed by atoms with Gasteiger partial charge in [-0.25, -0.2) is 14.2 Å². The van der Waals surface area contributed by atoms with Crippen molar-refractivity contribution in [2.75, 3.05) is 14.2 Å². The first-order valence-corrected chi connectivity index (χ1v) is 3.89. The highest BCUT2D eigenvalue weighted by Crippen LogP contribution is 2.17. The van der Waals surface area contributed by atoms with Crippen LogP contribution in [-0.2, 0) is 4.74 Å². The van der Waals surface area contributed by atoms with Gasteiger partial charge in [-0.2, -0.15) is 0 Å². The van der Waals surface area contributed by atoms with E-state index in [0.717, 1.165) is 6.07 Å². The van der Waals surface area contributed by atoms with Crippen LogP contribution in [0.3, 0.4) is 0 Å². The minimum Gasteiger partial charge on any atom is -0.479 e. The van der Waals surface area contributed by atoms with Crippen molar-refractivity contribution >= 4 is 5.97 Å². The summed E-state index contributed by atoms with van der Waals surface area (Å²) in [6.07, 6.45) is 0. The minimum absolute atomic E-state index is 0.103. The van der Waals surface area contributed by atoms with Gasteiger partial charge in [0.15, 0.2) is 5.82 Å². The molecule has 0 bridgehead atoms. The lowest BCUT2D eigenvalue weighted by Gasteiger charge is -2.06.